The van der Waals surface area contributed by atoms with Crippen molar-refractivity contribution < 1.29 is 4.74 Å². The molecule has 1 unspecified atom stereocenters. The van der Waals surface area contributed by atoms with Crippen LogP contribution in [0.2, 0.25) is 0 Å². The minimum absolute atomic E-state index is 0.344. The fourth-order valence-electron chi connectivity index (χ4n) is 3.11. The van der Waals surface area contributed by atoms with E-state index in [2.05, 4.69) is 40.7 Å². The summed E-state index contributed by atoms with van der Waals surface area (Å²) < 4.78 is 7.99. The molecule has 2 aromatic heterocycles. The van der Waals surface area contributed by atoms with E-state index in [0.29, 0.717) is 6.10 Å². The predicted octanol–water partition coefficient (Wildman–Crippen LogP) is 3.79. The maximum Gasteiger partial charge on any atom is 0.108 e. The molecule has 4 nitrogen and oxygen atoms in total. The molecule has 0 spiro atoms. The summed E-state index contributed by atoms with van der Waals surface area (Å²) in [6.45, 7) is 3.04. The van der Waals surface area contributed by atoms with Crippen LogP contribution in [0.15, 0.2) is 24.5 Å². The highest BCUT2D eigenvalue weighted by Gasteiger charge is 2.18. The molecule has 23 heavy (non-hydrogen) atoms. The van der Waals surface area contributed by atoms with Crippen molar-refractivity contribution in [2.75, 3.05) is 20.2 Å². The summed E-state index contributed by atoms with van der Waals surface area (Å²) in [7, 11) is 4.27. The Morgan fingerprint density at radius 2 is 2.30 bits per heavy atom. The highest BCUT2D eigenvalue weighted by atomic mass is 32.1. The molecule has 3 rings (SSSR count). The van der Waals surface area contributed by atoms with Crippen molar-refractivity contribution >= 4 is 11.3 Å². The van der Waals surface area contributed by atoms with Gasteiger partial charge in [-0.3, -0.25) is 0 Å². The Balaban J connectivity index is 1.43. The summed E-state index contributed by atoms with van der Waals surface area (Å²) in [6, 6.07) is 4.53. The monoisotopic (exact) mass is 333 g/mol. The second kappa shape index (κ2) is 8.08. The molecule has 0 saturated carbocycles. The minimum atomic E-state index is 0.344. The highest BCUT2D eigenvalue weighted by molar-refractivity contribution is 7.12. The van der Waals surface area contributed by atoms with Gasteiger partial charge >= 0.3 is 0 Å². The van der Waals surface area contributed by atoms with Gasteiger partial charge in [-0.15, -0.1) is 11.3 Å². The topological polar surface area (TPSA) is 30.3 Å². The van der Waals surface area contributed by atoms with E-state index in [1.165, 1.54) is 34.8 Å². The maximum atomic E-state index is 5.89. The summed E-state index contributed by atoms with van der Waals surface area (Å²) >= 11 is 1.92. The van der Waals surface area contributed by atoms with Crippen molar-refractivity contribution in [3.8, 4) is 0 Å². The maximum absolute atomic E-state index is 5.89. The van der Waals surface area contributed by atoms with Crippen LogP contribution in [-0.2, 0) is 24.8 Å². The van der Waals surface area contributed by atoms with Crippen molar-refractivity contribution in [2.45, 2.75) is 44.8 Å². The van der Waals surface area contributed by atoms with Crippen molar-refractivity contribution in [1.82, 2.24) is 14.5 Å². The van der Waals surface area contributed by atoms with E-state index < -0.39 is 0 Å². The lowest BCUT2D eigenvalue weighted by Gasteiger charge is -2.21. The third-order valence-corrected chi connectivity index (χ3v) is 5.63. The molecule has 1 fully saturated rings. The van der Waals surface area contributed by atoms with Crippen LogP contribution in [0.1, 0.15) is 47.4 Å². The molecule has 2 aromatic rings. The minimum Gasteiger partial charge on any atom is -0.373 e. The molecule has 5 heteroatoms. The van der Waals surface area contributed by atoms with Gasteiger partial charge in [0.2, 0.25) is 0 Å². The zero-order valence-electron chi connectivity index (χ0n) is 14.2. The Labute approximate surface area is 143 Å². The van der Waals surface area contributed by atoms with Crippen LogP contribution in [-0.4, -0.2) is 34.7 Å². The molecule has 3 heterocycles. The van der Waals surface area contributed by atoms with Gasteiger partial charge in [0.1, 0.15) is 5.82 Å². The third-order valence-electron chi connectivity index (χ3n) is 4.47. The lowest BCUT2D eigenvalue weighted by molar-refractivity contribution is 0.0172. The molecule has 0 N–H and O–H groups in total. The molecule has 126 valence electrons. The van der Waals surface area contributed by atoms with Crippen LogP contribution in [0.4, 0.5) is 0 Å². The summed E-state index contributed by atoms with van der Waals surface area (Å²) in [6.07, 6.45) is 10.1. The molecule has 0 bridgehead atoms. The van der Waals surface area contributed by atoms with Gasteiger partial charge in [-0.05, 0) is 51.4 Å². The lowest BCUT2D eigenvalue weighted by Crippen LogP contribution is -2.19. The predicted molar refractivity (Wildman–Crippen MR) is 94.7 cm³/mol. The van der Waals surface area contributed by atoms with Crippen LogP contribution in [0, 0.1) is 0 Å². The molecule has 1 atom stereocenters. The van der Waals surface area contributed by atoms with Crippen molar-refractivity contribution in [3.63, 3.8) is 0 Å². The van der Waals surface area contributed by atoms with Crippen molar-refractivity contribution in [1.29, 1.82) is 0 Å². The van der Waals surface area contributed by atoms with E-state index >= 15 is 0 Å². The van der Waals surface area contributed by atoms with Gasteiger partial charge in [0.25, 0.3) is 0 Å². The van der Waals surface area contributed by atoms with Crippen LogP contribution in [0.25, 0.3) is 0 Å². The van der Waals surface area contributed by atoms with Crippen LogP contribution in [0.3, 0.4) is 0 Å². The standard InChI is InChI=1S/C18H27N3OS/c1-20(11-5-7-18-19-10-12-21(18)2)14-15-8-9-17(23-15)16-6-3-4-13-22-16/h8-10,12,16H,3-7,11,13-14H2,1-2H3. The van der Waals surface area contributed by atoms with E-state index in [9.17, 15) is 0 Å². The van der Waals surface area contributed by atoms with E-state index in [1.807, 2.05) is 23.7 Å². The molecule has 0 radical (unpaired) electrons. The van der Waals surface area contributed by atoms with E-state index in [0.717, 1.165) is 32.5 Å². The number of aryl methyl sites for hydroxylation is 2. The summed E-state index contributed by atoms with van der Waals surface area (Å²) in [4.78, 5) is 9.63. The second-order valence-corrected chi connectivity index (χ2v) is 7.65. The number of hydrogen-bond donors (Lipinski definition) is 0. The number of ether oxygens (including phenoxy) is 1. The normalized spacial score (nSPS) is 18.7. The molecule has 1 saturated heterocycles. The van der Waals surface area contributed by atoms with Crippen LogP contribution in [0.5, 0.6) is 0 Å². The summed E-state index contributed by atoms with van der Waals surface area (Å²) in [5.41, 5.74) is 0. The van der Waals surface area contributed by atoms with Gasteiger partial charge in [0.05, 0.1) is 6.10 Å². The largest absolute Gasteiger partial charge is 0.373 e. The van der Waals surface area contributed by atoms with E-state index in [4.69, 9.17) is 4.74 Å². The number of nitrogens with zero attached hydrogens (tertiary/aromatic N) is 3. The fraction of sp³-hybridized carbons (Fsp3) is 0.611. The van der Waals surface area contributed by atoms with Gasteiger partial charge in [-0.25, -0.2) is 4.98 Å². The molecule has 1 aliphatic rings. The molecule has 0 aromatic carbocycles. The van der Waals surface area contributed by atoms with Crippen molar-refractivity contribution in [2.24, 2.45) is 7.05 Å². The summed E-state index contributed by atoms with van der Waals surface area (Å²) in [5, 5.41) is 0. The van der Waals surface area contributed by atoms with Crippen LogP contribution >= 0.6 is 11.3 Å². The Kier molecular flexibility index (Phi) is 5.86. The van der Waals surface area contributed by atoms with Crippen molar-refractivity contribution in [3.05, 3.63) is 40.1 Å². The molecule has 1 aliphatic heterocycles. The number of thiophene rings is 1. The smallest absolute Gasteiger partial charge is 0.108 e. The lowest BCUT2D eigenvalue weighted by atomic mass is 10.1. The molecule has 0 amide bonds. The number of hydrogen-bond acceptors (Lipinski definition) is 4. The quantitative estimate of drug-likeness (QED) is 0.772. The SMILES string of the molecule is CN(CCCc1nccn1C)Cc1ccc(C2CCCCO2)s1. The van der Waals surface area contributed by atoms with Gasteiger partial charge in [-0.2, -0.15) is 0 Å². The highest BCUT2D eigenvalue weighted by Crippen LogP contribution is 2.32. The van der Waals surface area contributed by atoms with E-state index in [-0.39, 0.29) is 0 Å². The first-order valence-electron chi connectivity index (χ1n) is 8.57. The molecular weight excluding hydrogens is 306 g/mol. The first-order valence-corrected chi connectivity index (χ1v) is 9.39. The number of aromatic nitrogens is 2. The zero-order valence-corrected chi connectivity index (χ0v) is 15.0. The fourth-order valence-corrected chi connectivity index (χ4v) is 4.28. The van der Waals surface area contributed by atoms with Gasteiger partial charge < -0.3 is 14.2 Å². The third kappa shape index (κ3) is 4.66. The second-order valence-electron chi connectivity index (χ2n) is 6.46. The van der Waals surface area contributed by atoms with Crippen LogP contribution < -0.4 is 0 Å². The number of rotatable bonds is 7. The Morgan fingerprint density at radius 1 is 1.39 bits per heavy atom. The Bertz CT molecular complexity index is 601. The molecule has 0 aliphatic carbocycles. The Morgan fingerprint density at radius 3 is 3.04 bits per heavy atom. The first kappa shape index (κ1) is 16.7. The number of imidazole rings is 1. The average Bonchev–Trinajstić information content (AvgIpc) is 3.18. The molecular formula is C18H27N3OS. The zero-order chi connectivity index (χ0) is 16.1. The van der Waals surface area contributed by atoms with Gasteiger partial charge in [0, 0.05) is 48.8 Å². The van der Waals surface area contributed by atoms with Gasteiger partial charge in [0.15, 0.2) is 0 Å². The average molecular weight is 334 g/mol. The van der Waals surface area contributed by atoms with E-state index in [1.54, 1.807) is 0 Å². The summed E-state index contributed by atoms with van der Waals surface area (Å²) in [5.74, 6) is 1.17. The first-order chi connectivity index (χ1) is 11.2. The Hall–Kier alpha value is -1.17. The van der Waals surface area contributed by atoms with Gasteiger partial charge in [-0.1, -0.05) is 0 Å².